The van der Waals surface area contributed by atoms with Crippen LogP contribution in [0.1, 0.15) is 96.9 Å². The monoisotopic (exact) mass is 667 g/mol. The van der Waals surface area contributed by atoms with Crippen molar-refractivity contribution in [2.45, 2.75) is 102 Å². The van der Waals surface area contributed by atoms with Gasteiger partial charge in [0.15, 0.2) is 17.9 Å². The number of nitrogens with zero attached hydrogens (tertiary/aromatic N) is 3. The van der Waals surface area contributed by atoms with E-state index in [0.717, 1.165) is 70.8 Å². The maximum absolute atomic E-state index is 6.78. The molecule has 5 heteroatoms. The molecule has 0 saturated heterocycles. The van der Waals surface area contributed by atoms with Gasteiger partial charge in [-0.2, -0.15) is 4.57 Å². The number of fused-ring (bicyclic) bond motifs is 5. The zero-order chi connectivity index (χ0) is 34.3. The summed E-state index contributed by atoms with van der Waals surface area (Å²) < 4.78 is 11.8. The van der Waals surface area contributed by atoms with Gasteiger partial charge in [-0.15, -0.1) is 0 Å². The van der Waals surface area contributed by atoms with Crippen molar-refractivity contribution < 1.29 is 13.6 Å². The Morgan fingerprint density at radius 1 is 0.980 bits per heavy atom. The summed E-state index contributed by atoms with van der Waals surface area (Å²) in [6.45, 7) is 24.1. The summed E-state index contributed by atoms with van der Waals surface area (Å²) in [5, 5.41) is 1.14. The Morgan fingerprint density at radius 2 is 1.73 bits per heavy atom. The van der Waals surface area contributed by atoms with Crippen LogP contribution in [0.15, 0.2) is 101 Å². The summed E-state index contributed by atoms with van der Waals surface area (Å²) in [6.07, 6.45) is 13.4. The molecule has 3 aliphatic rings. The van der Waals surface area contributed by atoms with Crippen molar-refractivity contribution in [1.29, 1.82) is 0 Å². The number of benzene rings is 2. The van der Waals surface area contributed by atoms with Crippen LogP contribution >= 0.6 is 0 Å². The SMILES string of the molecule is C=CC1=[N+](CC[Si](C)(C)C)C2CC(=C)[n+]3ccc(C4CCCCC4)cc3/C(c3oc4ccccc4c3C)=C(/N=C)CCC2c2ccccc21. The molecule has 1 saturated carbocycles. The van der Waals surface area contributed by atoms with Crippen LogP contribution in [0.2, 0.25) is 25.7 Å². The molecule has 7 rings (SSSR count). The molecule has 4 nitrogen and oxygen atoms in total. The average molecular weight is 668 g/mol. The van der Waals surface area contributed by atoms with Gasteiger partial charge in [-0.1, -0.05) is 81.9 Å². The van der Waals surface area contributed by atoms with E-state index in [1.54, 1.807) is 0 Å². The molecule has 252 valence electrons. The van der Waals surface area contributed by atoms with Crippen LogP contribution in [0.3, 0.4) is 0 Å². The smallest absolute Gasteiger partial charge is 0.224 e. The van der Waals surface area contributed by atoms with Gasteiger partial charge in [-0.05, 0) is 75.1 Å². The van der Waals surface area contributed by atoms with Gasteiger partial charge < -0.3 is 4.42 Å². The molecular formula is C44H53N3OSi+2. The van der Waals surface area contributed by atoms with E-state index in [0.29, 0.717) is 11.8 Å². The molecule has 0 amide bonds. The first-order valence-corrected chi connectivity index (χ1v) is 22.2. The first kappa shape index (κ1) is 33.4. The molecule has 4 heterocycles. The minimum absolute atomic E-state index is 0.255. The molecule has 0 spiro atoms. The second-order valence-electron chi connectivity index (χ2n) is 15.7. The van der Waals surface area contributed by atoms with Crippen LogP contribution in [0, 0.1) is 6.92 Å². The lowest BCUT2D eigenvalue weighted by molar-refractivity contribution is -0.600. The third-order valence-electron chi connectivity index (χ3n) is 11.4. The lowest BCUT2D eigenvalue weighted by atomic mass is 9.77. The Bertz CT molecular complexity index is 2000. The van der Waals surface area contributed by atoms with Gasteiger partial charge in [0, 0.05) is 46.7 Å². The average Bonchev–Trinajstić information content (AvgIpc) is 3.44. The Hall–Kier alpha value is -4.09. The third-order valence-corrected chi connectivity index (χ3v) is 13.2. The highest BCUT2D eigenvalue weighted by atomic mass is 28.3. The summed E-state index contributed by atoms with van der Waals surface area (Å²) in [4.78, 5) is 4.87. The number of para-hydroxylation sites is 1. The quantitative estimate of drug-likeness (QED) is 0.110. The Balaban J connectivity index is 1.45. The highest BCUT2D eigenvalue weighted by Gasteiger charge is 2.44. The normalized spacial score (nSPS) is 22.0. The van der Waals surface area contributed by atoms with E-state index in [1.165, 1.54) is 60.6 Å². The van der Waals surface area contributed by atoms with Gasteiger partial charge >= 0.3 is 0 Å². The van der Waals surface area contributed by atoms with Gasteiger partial charge in [0.25, 0.3) is 0 Å². The topological polar surface area (TPSA) is 32.4 Å². The van der Waals surface area contributed by atoms with Crippen molar-refractivity contribution in [3.63, 3.8) is 0 Å². The van der Waals surface area contributed by atoms with Crippen LogP contribution in [0.25, 0.3) is 22.2 Å². The van der Waals surface area contributed by atoms with Gasteiger partial charge in [0.2, 0.25) is 11.4 Å². The summed E-state index contributed by atoms with van der Waals surface area (Å²) >= 11 is 0. The molecule has 0 bridgehead atoms. The molecule has 2 unspecified atom stereocenters. The van der Waals surface area contributed by atoms with Crippen LogP contribution in [-0.2, 0) is 0 Å². The number of hydrogen-bond donors (Lipinski definition) is 0. The van der Waals surface area contributed by atoms with Crippen molar-refractivity contribution in [3.05, 3.63) is 125 Å². The van der Waals surface area contributed by atoms with Gasteiger partial charge in [0.05, 0.1) is 20.2 Å². The van der Waals surface area contributed by atoms with E-state index in [2.05, 4.69) is 122 Å². The molecule has 0 radical (unpaired) electrons. The van der Waals surface area contributed by atoms with Crippen LogP contribution in [0.5, 0.6) is 0 Å². The number of aliphatic imine (C=N–C) groups is 1. The molecule has 1 aliphatic carbocycles. The fourth-order valence-electron chi connectivity index (χ4n) is 8.78. The predicted molar refractivity (Wildman–Crippen MR) is 209 cm³/mol. The molecule has 2 aliphatic heterocycles. The standard InChI is InChI=1S/C44H53N3OSi/c1-8-39-36-20-13-12-19-35(36)37-22-23-38(45-4)43(44-31(3)34-18-14-15-21-42(34)48-44)41-29-33(32-16-10-9-11-17-32)24-25-46(41)30(2)28-40(37)47(39)26-27-49(5,6)7/h8,12-15,18-21,24-25,29,32,37,40H,1-2,4,9-11,16-17,22-23,26-28H2,3,5-7H3/q+2. The van der Waals surface area contributed by atoms with Crippen molar-refractivity contribution in [2.24, 2.45) is 4.99 Å². The second kappa shape index (κ2) is 13.7. The lowest BCUT2D eigenvalue weighted by Gasteiger charge is -2.33. The highest BCUT2D eigenvalue weighted by molar-refractivity contribution is 6.76. The Labute approximate surface area is 294 Å². The number of rotatable bonds is 7. The van der Waals surface area contributed by atoms with Crippen LogP contribution in [-0.4, -0.2) is 37.7 Å². The Morgan fingerprint density at radius 3 is 2.47 bits per heavy atom. The van der Waals surface area contributed by atoms with Gasteiger partial charge in [-0.3, -0.25) is 4.99 Å². The van der Waals surface area contributed by atoms with Crippen LogP contribution in [0.4, 0.5) is 0 Å². The third kappa shape index (κ3) is 6.38. The Kier molecular flexibility index (Phi) is 9.32. The predicted octanol–water partition coefficient (Wildman–Crippen LogP) is 10.7. The molecule has 2 aromatic carbocycles. The van der Waals surface area contributed by atoms with E-state index in [1.807, 2.05) is 0 Å². The number of hydrogen-bond acceptors (Lipinski definition) is 2. The molecule has 2 atom stereocenters. The van der Waals surface area contributed by atoms with E-state index in [4.69, 9.17) is 16.0 Å². The largest absolute Gasteiger partial charge is 0.455 e. The van der Waals surface area contributed by atoms with Crippen molar-refractivity contribution in [1.82, 2.24) is 0 Å². The zero-order valence-electron chi connectivity index (χ0n) is 30.1. The summed E-state index contributed by atoms with van der Waals surface area (Å²) in [6, 6.07) is 23.7. The fourth-order valence-corrected chi connectivity index (χ4v) is 9.69. The number of aromatic nitrogens is 1. The molecule has 2 aromatic heterocycles. The van der Waals surface area contributed by atoms with Gasteiger partial charge in [0.1, 0.15) is 23.5 Å². The van der Waals surface area contributed by atoms with E-state index in [9.17, 15) is 0 Å². The number of allylic oxidation sites excluding steroid dienone is 2. The molecule has 1 fully saturated rings. The minimum atomic E-state index is -1.31. The van der Waals surface area contributed by atoms with Gasteiger partial charge in [-0.25, -0.2) is 4.58 Å². The number of furan rings is 1. The first-order valence-electron chi connectivity index (χ1n) is 18.5. The maximum atomic E-state index is 6.78. The highest BCUT2D eigenvalue weighted by Crippen LogP contribution is 2.43. The van der Waals surface area contributed by atoms with Crippen LogP contribution < -0.4 is 4.57 Å². The molecular weight excluding hydrogens is 615 g/mol. The molecule has 0 N–H and O–H groups in total. The van der Waals surface area contributed by atoms with E-state index in [-0.39, 0.29) is 6.04 Å². The van der Waals surface area contributed by atoms with E-state index >= 15 is 0 Å². The molecule has 49 heavy (non-hydrogen) atoms. The zero-order valence-corrected chi connectivity index (χ0v) is 31.1. The van der Waals surface area contributed by atoms with E-state index < -0.39 is 8.07 Å². The lowest BCUT2D eigenvalue weighted by Crippen LogP contribution is -2.46. The second-order valence-corrected chi connectivity index (χ2v) is 21.4. The fraction of sp³-hybridized carbons (Fsp3) is 0.386. The summed E-state index contributed by atoms with van der Waals surface area (Å²) in [5.74, 6) is 1.77. The van der Waals surface area contributed by atoms with Crippen molar-refractivity contribution in [2.75, 3.05) is 6.54 Å². The maximum Gasteiger partial charge on any atom is 0.224 e. The number of aryl methyl sites for hydroxylation is 1. The summed E-state index contributed by atoms with van der Waals surface area (Å²) in [5.41, 5.74) is 11.7. The minimum Gasteiger partial charge on any atom is -0.455 e. The van der Waals surface area contributed by atoms with Crippen molar-refractivity contribution in [3.8, 4) is 0 Å². The first-order chi connectivity index (χ1) is 23.7. The molecule has 4 aromatic rings. The van der Waals surface area contributed by atoms with Crippen molar-refractivity contribution >= 4 is 42.7 Å². The summed E-state index contributed by atoms with van der Waals surface area (Å²) in [7, 11) is -1.31. The number of pyridine rings is 1.